The number of ether oxygens (including phenoxy) is 1. The van der Waals surface area contributed by atoms with E-state index in [0.717, 1.165) is 16.7 Å². The molecular formula is C29H26N2O3S. The van der Waals surface area contributed by atoms with E-state index in [2.05, 4.69) is 5.32 Å². The van der Waals surface area contributed by atoms with Gasteiger partial charge in [0.2, 0.25) is 9.84 Å². The Hall–Kier alpha value is -4.16. The first-order chi connectivity index (χ1) is 17.0. The predicted octanol–water partition coefficient (Wildman–Crippen LogP) is 6.14. The van der Waals surface area contributed by atoms with Crippen molar-refractivity contribution >= 4 is 27.4 Å². The van der Waals surface area contributed by atoms with Crippen molar-refractivity contribution in [2.75, 3.05) is 7.11 Å². The summed E-state index contributed by atoms with van der Waals surface area (Å²) in [7, 11) is -2.30. The van der Waals surface area contributed by atoms with E-state index in [4.69, 9.17) is 9.73 Å². The van der Waals surface area contributed by atoms with Crippen molar-refractivity contribution in [1.82, 2.24) is 5.32 Å². The second-order valence-electron chi connectivity index (χ2n) is 7.86. The minimum Gasteiger partial charge on any atom is -0.494 e. The minimum absolute atomic E-state index is 0.0177. The molecule has 0 aliphatic rings. The van der Waals surface area contributed by atoms with E-state index in [1.807, 2.05) is 85.8 Å². The summed E-state index contributed by atoms with van der Waals surface area (Å²) in [5, 5.41) is 3.16. The number of sulfone groups is 1. The van der Waals surface area contributed by atoms with Crippen LogP contribution in [0.5, 0.6) is 5.75 Å². The Kier molecular flexibility index (Phi) is 7.43. The van der Waals surface area contributed by atoms with Crippen LogP contribution in [0.2, 0.25) is 0 Å². The van der Waals surface area contributed by atoms with Gasteiger partial charge in [-0.25, -0.2) is 13.4 Å². The van der Waals surface area contributed by atoms with Crippen LogP contribution in [0.3, 0.4) is 0 Å². The molecule has 5 nitrogen and oxygen atoms in total. The van der Waals surface area contributed by atoms with Gasteiger partial charge in [0.25, 0.3) is 0 Å². The number of aliphatic imine (C=N–C) groups is 1. The van der Waals surface area contributed by atoms with Gasteiger partial charge in [0.05, 0.1) is 12.0 Å². The monoisotopic (exact) mass is 482 g/mol. The maximum atomic E-state index is 13.7. The quantitative estimate of drug-likeness (QED) is 0.254. The zero-order chi connectivity index (χ0) is 24.7. The second-order valence-corrected chi connectivity index (χ2v) is 9.78. The van der Waals surface area contributed by atoms with E-state index in [1.165, 1.54) is 0 Å². The molecule has 35 heavy (non-hydrogen) atoms. The molecule has 0 bridgehead atoms. The molecule has 176 valence electrons. The molecule has 4 rings (SSSR count). The summed E-state index contributed by atoms with van der Waals surface area (Å²) in [6.45, 7) is 1.99. The first-order valence-electron chi connectivity index (χ1n) is 11.1. The molecule has 0 aromatic heterocycles. The van der Waals surface area contributed by atoms with Gasteiger partial charge in [-0.1, -0.05) is 90.5 Å². The highest BCUT2D eigenvalue weighted by Crippen LogP contribution is 2.28. The van der Waals surface area contributed by atoms with E-state index in [9.17, 15) is 8.42 Å². The van der Waals surface area contributed by atoms with Crippen LogP contribution in [0.4, 0.5) is 5.69 Å². The molecule has 4 aromatic rings. The zero-order valence-corrected chi connectivity index (χ0v) is 20.4. The van der Waals surface area contributed by atoms with Crippen molar-refractivity contribution in [3.05, 3.63) is 131 Å². The average Bonchev–Trinajstić information content (AvgIpc) is 2.89. The lowest BCUT2D eigenvalue weighted by Gasteiger charge is -2.16. The molecule has 0 amide bonds. The van der Waals surface area contributed by atoms with Gasteiger partial charge in [-0.15, -0.1) is 0 Å². The van der Waals surface area contributed by atoms with Gasteiger partial charge in [0, 0.05) is 5.56 Å². The van der Waals surface area contributed by atoms with Crippen LogP contribution in [0.15, 0.2) is 124 Å². The molecule has 0 spiro atoms. The van der Waals surface area contributed by atoms with E-state index in [1.54, 1.807) is 43.5 Å². The molecule has 0 aliphatic carbocycles. The maximum Gasteiger partial charge on any atom is 0.221 e. The summed E-state index contributed by atoms with van der Waals surface area (Å²) >= 11 is 0. The van der Waals surface area contributed by atoms with Gasteiger partial charge in [-0.2, -0.15) is 0 Å². The maximum absolute atomic E-state index is 13.7. The van der Waals surface area contributed by atoms with Crippen LogP contribution in [-0.2, 0) is 9.84 Å². The van der Waals surface area contributed by atoms with Crippen LogP contribution in [0, 0.1) is 6.92 Å². The van der Waals surface area contributed by atoms with E-state index >= 15 is 0 Å². The predicted molar refractivity (Wildman–Crippen MR) is 142 cm³/mol. The van der Waals surface area contributed by atoms with Crippen molar-refractivity contribution in [2.45, 2.75) is 11.8 Å². The van der Waals surface area contributed by atoms with Crippen LogP contribution in [-0.4, -0.2) is 21.4 Å². The normalized spacial score (nSPS) is 12.3. The summed E-state index contributed by atoms with van der Waals surface area (Å²) < 4.78 is 32.9. The Balaban J connectivity index is 1.88. The number of nitrogens with one attached hydrogen (secondary N) is 1. The SMILES string of the molecule is COc1ccccc1N=C(NC(=Cc1ccccc1)S(=O)(=O)c1ccccc1)c1ccc(C)cc1. The number of hydrogen-bond acceptors (Lipinski definition) is 4. The molecule has 6 heteroatoms. The Morgan fingerprint density at radius 3 is 2.06 bits per heavy atom. The van der Waals surface area contributed by atoms with Crippen molar-refractivity contribution < 1.29 is 13.2 Å². The van der Waals surface area contributed by atoms with Crippen molar-refractivity contribution in [1.29, 1.82) is 0 Å². The van der Waals surface area contributed by atoms with Gasteiger partial charge < -0.3 is 10.1 Å². The fourth-order valence-electron chi connectivity index (χ4n) is 3.44. The highest BCUT2D eigenvalue weighted by atomic mass is 32.2. The van der Waals surface area contributed by atoms with Gasteiger partial charge in [-0.05, 0) is 42.8 Å². The average molecular weight is 483 g/mol. The fourth-order valence-corrected chi connectivity index (χ4v) is 4.74. The van der Waals surface area contributed by atoms with E-state index in [-0.39, 0.29) is 9.92 Å². The second kappa shape index (κ2) is 10.8. The lowest BCUT2D eigenvalue weighted by Crippen LogP contribution is -2.28. The largest absolute Gasteiger partial charge is 0.494 e. The number of amidine groups is 1. The number of nitrogens with zero attached hydrogens (tertiary/aromatic N) is 1. The summed E-state index contributed by atoms with van der Waals surface area (Å²) in [5.41, 5.74) is 3.15. The highest BCUT2D eigenvalue weighted by Gasteiger charge is 2.23. The van der Waals surface area contributed by atoms with E-state index in [0.29, 0.717) is 17.3 Å². The fraction of sp³-hybridized carbons (Fsp3) is 0.0690. The molecule has 0 unspecified atom stereocenters. The Morgan fingerprint density at radius 2 is 1.40 bits per heavy atom. The highest BCUT2D eigenvalue weighted by molar-refractivity contribution is 7.95. The van der Waals surface area contributed by atoms with Gasteiger partial charge in [0.1, 0.15) is 22.3 Å². The number of benzene rings is 4. The van der Waals surface area contributed by atoms with Gasteiger partial charge >= 0.3 is 0 Å². The number of aryl methyl sites for hydroxylation is 1. The Bertz CT molecular complexity index is 1450. The minimum atomic E-state index is -3.88. The van der Waals surface area contributed by atoms with Crippen molar-refractivity contribution in [2.24, 2.45) is 4.99 Å². The molecule has 0 saturated carbocycles. The number of hydrogen-bond donors (Lipinski definition) is 1. The third-order valence-corrected chi connectivity index (χ3v) is 7.02. The smallest absolute Gasteiger partial charge is 0.221 e. The molecule has 0 heterocycles. The Labute approximate surface area is 206 Å². The van der Waals surface area contributed by atoms with Crippen LogP contribution < -0.4 is 10.1 Å². The molecule has 1 N–H and O–H groups in total. The third-order valence-electron chi connectivity index (χ3n) is 5.32. The Morgan fingerprint density at radius 1 is 0.800 bits per heavy atom. The van der Waals surface area contributed by atoms with Gasteiger partial charge in [0.15, 0.2) is 0 Å². The first-order valence-corrected chi connectivity index (χ1v) is 12.6. The number of para-hydroxylation sites is 2. The van der Waals surface area contributed by atoms with Crippen molar-refractivity contribution in [3.63, 3.8) is 0 Å². The molecule has 4 aromatic carbocycles. The molecule has 0 fully saturated rings. The molecule has 0 radical (unpaired) electrons. The van der Waals surface area contributed by atoms with Gasteiger partial charge in [-0.3, -0.25) is 0 Å². The number of rotatable bonds is 7. The van der Waals surface area contributed by atoms with E-state index < -0.39 is 9.84 Å². The summed E-state index contributed by atoms with van der Waals surface area (Å²) in [6.07, 6.45) is 1.62. The summed E-state index contributed by atoms with van der Waals surface area (Å²) in [4.78, 5) is 4.98. The van der Waals surface area contributed by atoms with Crippen LogP contribution >= 0.6 is 0 Å². The number of methoxy groups -OCH3 is 1. The lowest BCUT2D eigenvalue weighted by molar-refractivity contribution is 0.416. The summed E-state index contributed by atoms with van der Waals surface area (Å²) in [5.74, 6) is 0.967. The molecule has 0 saturated heterocycles. The van der Waals surface area contributed by atoms with Crippen molar-refractivity contribution in [3.8, 4) is 5.75 Å². The summed E-state index contributed by atoms with van der Waals surface area (Å²) in [6, 6.07) is 32.8. The standard InChI is InChI=1S/C29H26N2O3S/c1-22-17-19-24(20-18-22)29(30-26-15-9-10-16-27(26)34-2)31-28(21-23-11-5-3-6-12-23)35(32,33)25-13-7-4-8-14-25/h3-21H,1-2H3,(H,30,31). The molecule has 0 atom stereocenters. The topological polar surface area (TPSA) is 67.8 Å². The molecular weight excluding hydrogens is 456 g/mol. The van der Waals surface area contributed by atoms with Crippen LogP contribution in [0.25, 0.3) is 6.08 Å². The van der Waals surface area contributed by atoms with Crippen LogP contribution in [0.1, 0.15) is 16.7 Å². The first kappa shape index (κ1) is 24.0. The zero-order valence-electron chi connectivity index (χ0n) is 19.5. The molecule has 0 aliphatic heterocycles. The lowest BCUT2D eigenvalue weighted by atomic mass is 10.1. The third kappa shape index (κ3) is 5.86.